The number of carbonyl (C=O) groups excluding carboxylic acids is 2. The molecular formula is C28H26N6O2. The second-order valence-corrected chi connectivity index (χ2v) is 8.64. The molecule has 0 aliphatic heterocycles. The average Bonchev–Trinajstić information content (AvgIpc) is 3.53. The van der Waals surface area contributed by atoms with Crippen molar-refractivity contribution in [1.82, 2.24) is 20.8 Å². The Balaban J connectivity index is 1.15. The largest absolute Gasteiger partial charge is 0.364 e. The third kappa shape index (κ3) is 5.50. The van der Waals surface area contributed by atoms with Gasteiger partial charge in [0.05, 0.1) is 12.4 Å². The zero-order valence-electron chi connectivity index (χ0n) is 19.6. The number of nitrogens with one attached hydrogen (secondary N) is 4. The first-order valence-electron chi connectivity index (χ1n) is 11.9. The van der Waals surface area contributed by atoms with Crippen molar-refractivity contribution in [3.05, 3.63) is 101 Å². The van der Waals surface area contributed by atoms with Crippen LogP contribution in [0.25, 0.3) is 17.0 Å². The van der Waals surface area contributed by atoms with Crippen molar-refractivity contribution in [2.24, 2.45) is 10.2 Å². The number of rotatable bonds is 6. The maximum atomic E-state index is 12.5. The zero-order valence-corrected chi connectivity index (χ0v) is 19.6. The van der Waals surface area contributed by atoms with E-state index in [0.29, 0.717) is 11.1 Å². The summed E-state index contributed by atoms with van der Waals surface area (Å²) >= 11 is 0. The van der Waals surface area contributed by atoms with Crippen molar-refractivity contribution in [1.29, 1.82) is 0 Å². The molecule has 4 N–H and O–H groups in total. The van der Waals surface area contributed by atoms with E-state index in [4.69, 9.17) is 0 Å². The Hall–Kier alpha value is -4.72. The molecule has 36 heavy (non-hydrogen) atoms. The van der Waals surface area contributed by atoms with Gasteiger partial charge in [0.2, 0.25) is 0 Å². The lowest BCUT2D eigenvalue weighted by Gasteiger charge is -2.08. The van der Waals surface area contributed by atoms with Crippen LogP contribution in [-0.2, 0) is 6.42 Å². The van der Waals surface area contributed by atoms with Crippen LogP contribution in [0.1, 0.15) is 56.8 Å². The summed E-state index contributed by atoms with van der Waals surface area (Å²) in [4.78, 5) is 31.3. The normalized spacial score (nSPS) is 15.3. The third-order valence-corrected chi connectivity index (χ3v) is 6.11. The first kappa shape index (κ1) is 23.0. The quantitative estimate of drug-likeness (QED) is 0.236. The standard InChI is InChI=1S/C28H26N6O2/c35-27(33-31-17-19-3-1-2-4-25-23(15-19)11-13-29-25)21-6-8-22(9-7-21)28(36)34-32-18-20-5-10-26-24(16-20)12-14-30-26/h5-18,29-30H,1-4H2,(H,33,35)(H,34,36)/b19-15+,31-17+,32-18+. The molecule has 0 saturated carbocycles. The van der Waals surface area contributed by atoms with Gasteiger partial charge in [-0.05, 0) is 102 Å². The molecule has 0 radical (unpaired) electrons. The third-order valence-electron chi connectivity index (χ3n) is 6.11. The molecule has 0 saturated heterocycles. The Labute approximate surface area is 208 Å². The van der Waals surface area contributed by atoms with Gasteiger partial charge in [0.25, 0.3) is 11.8 Å². The van der Waals surface area contributed by atoms with Gasteiger partial charge in [-0.3, -0.25) is 9.59 Å². The van der Waals surface area contributed by atoms with E-state index in [1.807, 2.05) is 36.7 Å². The van der Waals surface area contributed by atoms with Gasteiger partial charge in [0, 0.05) is 34.7 Å². The van der Waals surface area contributed by atoms with Crippen molar-refractivity contribution < 1.29 is 9.59 Å². The molecule has 0 fully saturated rings. The van der Waals surface area contributed by atoms with E-state index in [1.54, 1.807) is 36.7 Å². The minimum absolute atomic E-state index is 0.342. The number of amides is 2. The van der Waals surface area contributed by atoms with Crippen LogP contribution in [0, 0.1) is 0 Å². The summed E-state index contributed by atoms with van der Waals surface area (Å²) in [5, 5.41) is 9.24. The van der Waals surface area contributed by atoms with Gasteiger partial charge in [-0.2, -0.15) is 10.2 Å². The molecule has 8 heteroatoms. The second-order valence-electron chi connectivity index (χ2n) is 8.64. The molecule has 2 aromatic carbocycles. The number of hydrazone groups is 2. The predicted molar refractivity (Wildman–Crippen MR) is 142 cm³/mol. The molecule has 0 bridgehead atoms. The van der Waals surface area contributed by atoms with E-state index >= 15 is 0 Å². The summed E-state index contributed by atoms with van der Waals surface area (Å²) in [5.74, 6) is -0.704. The predicted octanol–water partition coefficient (Wildman–Crippen LogP) is 4.79. The molecule has 5 rings (SSSR count). The van der Waals surface area contributed by atoms with Crippen molar-refractivity contribution in [3.8, 4) is 0 Å². The number of hydrogen-bond donors (Lipinski definition) is 4. The fourth-order valence-corrected chi connectivity index (χ4v) is 4.17. The van der Waals surface area contributed by atoms with Crippen molar-refractivity contribution in [2.75, 3.05) is 0 Å². The van der Waals surface area contributed by atoms with Gasteiger partial charge >= 0.3 is 0 Å². The minimum Gasteiger partial charge on any atom is -0.364 e. The summed E-state index contributed by atoms with van der Waals surface area (Å²) in [5.41, 5.74) is 11.3. The fraction of sp³-hybridized carbons (Fsp3) is 0.143. The number of aromatic nitrogens is 2. The number of aromatic amines is 2. The smallest absolute Gasteiger partial charge is 0.271 e. The molecule has 0 atom stereocenters. The van der Waals surface area contributed by atoms with Crippen molar-refractivity contribution in [2.45, 2.75) is 25.7 Å². The molecule has 1 aliphatic rings. The van der Waals surface area contributed by atoms with E-state index < -0.39 is 0 Å². The lowest BCUT2D eigenvalue weighted by molar-refractivity contribution is 0.0943. The number of nitrogens with zero attached hydrogens (tertiary/aromatic N) is 2. The van der Waals surface area contributed by atoms with Crippen molar-refractivity contribution >= 4 is 41.2 Å². The van der Waals surface area contributed by atoms with Gasteiger partial charge in [-0.25, -0.2) is 10.9 Å². The molecule has 1 aliphatic carbocycles. The number of carbonyl (C=O) groups is 2. The Morgan fingerprint density at radius 3 is 2.25 bits per heavy atom. The molecule has 0 unspecified atom stereocenters. The van der Waals surface area contributed by atoms with Crippen LogP contribution in [-0.4, -0.2) is 34.2 Å². The maximum absolute atomic E-state index is 12.5. The number of allylic oxidation sites excluding steroid dienone is 1. The van der Waals surface area contributed by atoms with Gasteiger partial charge in [-0.1, -0.05) is 6.07 Å². The zero-order chi connectivity index (χ0) is 24.7. The Morgan fingerprint density at radius 1 is 0.778 bits per heavy atom. The van der Waals surface area contributed by atoms with Gasteiger partial charge < -0.3 is 9.97 Å². The highest BCUT2D eigenvalue weighted by Crippen LogP contribution is 2.20. The molecule has 8 nitrogen and oxygen atoms in total. The van der Waals surface area contributed by atoms with Crippen LogP contribution in [0.2, 0.25) is 0 Å². The Bertz CT molecular complexity index is 1470. The minimum atomic E-state index is -0.362. The average molecular weight is 479 g/mol. The molecule has 180 valence electrons. The lowest BCUT2D eigenvalue weighted by Crippen LogP contribution is -2.19. The highest BCUT2D eigenvalue weighted by Gasteiger charge is 2.09. The van der Waals surface area contributed by atoms with E-state index in [1.165, 1.54) is 11.3 Å². The first-order valence-corrected chi connectivity index (χ1v) is 11.9. The second kappa shape index (κ2) is 10.7. The summed E-state index contributed by atoms with van der Waals surface area (Å²) < 4.78 is 0. The highest BCUT2D eigenvalue weighted by molar-refractivity contribution is 5.98. The van der Waals surface area contributed by atoms with Gasteiger partial charge in [-0.15, -0.1) is 0 Å². The molecule has 2 amide bonds. The van der Waals surface area contributed by atoms with Gasteiger partial charge in [0.1, 0.15) is 0 Å². The number of aryl methyl sites for hydroxylation is 1. The van der Waals surface area contributed by atoms with Crippen LogP contribution < -0.4 is 10.9 Å². The fourth-order valence-electron chi connectivity index (χ4n) is 4.17. The number of fused-ring (bicyclic) bond motifs is 2. The monoisotopic (exact) mass is 478 g/mol. The highest BCUT2D eigenvalue weighted by atomic mass is 16.2. The van der Waals surface area contributed by atoms with Crippen LogP contribution in [0.5, 0.6) is 0 Å². The van der Waals surface area contributed by atoms with Crippen LogP contribution >= 0.6 is 0 Å². The molecular weight excluding hydrogens is 452 g/mol. The topological polar surface area (TPSA) is 114 Å². The molecule has 2 heterocycles. The van der Waals surface area contributed by atoms with E-state index in [-0.39, 0.29) is 11.8 Å². The number of hydrogen-bond acceptors (Lipinski definition) is 4. The number of benzene rings is 2. The molecule has 2 aromatic heterocycles. The van der Waals surface area contributed by atoms with E-state index in [9.17, 15) is 9.59 Å². The molecule has 4 aromatic rings. The van der Waals surface area contributed by atoms with Gasteiger partial charge in [0.15, 0.2) is 0 Å². The summed E-state index contributed by atoms with van der Waals surface area (Å²) in [6.07, 6.45) is 13.4. The number of H-pyrrole nitrogens is 2. The van der Waals surface area contributed by atoms with E-state index in [2.05, 4.69) is 43.2 Å². The summed E-state index contributed by atoms with van der Waals surface area (Å²) in [6, 6.07) is 16.2. The van der Waals surface area contributed by atoms with E-state index in [0.717, 1.165) is 47.7 Å². The Morgan fingerprint density at radius 2 is 1.47 bits per heavy atom. The summed E-state index contributed by atoms with van der Waals surface area (Å²) in [6.45, 7) is 0. The molecule has 0 spiro atoms. The Kier molecular flexibility index (Phi) is 6.84. The van der Waals surface area contributed by atoms with Crippen LogP contribution in [0.15, 0.2) is 82.8 Å². The SMILES string of the molecule is O=C(N/N=C/C1=C/c2cc[nH]c2CCCC1)c1ccc(C(=O)N/N=C/c2ccc3[nH]ccc3c2)cc1. The van der Waals surface area contributed by atoms with Crippen LogP contribution in [0.3, 0.4) is 0 Å². The summed E-state index contributed by atoms with van der Waals surface area (Å²) in [7, 11) is 0. The van der Waals surface area contributed by atoms with Crippen LogP contribution in [0.4, 0.5) is 0 Å². The first-order chi connectivity index (χ1) is 17.7. The van der Waals surface area contributed by atoms with Crippen molar-refractivity contribution in [3.63, 3.8) is 0 Å². The maximum Gasteiger partial charge on any atom is 0.271 e. The lowest BCUT2D eigenvalue weighted by atomic mass is 9.99.